The first kappa shape index (κ1) is 9.59. The first-order valence-corrected chi connectivity index (χ1v) is 4.95. The van der Waals surface area contributed by atoms with Crippen molar-refractivity contribution in [3.8, 4) is 0 Å². The molecule has 0 atom stereocenters. The third-order valence-corrected chi connectivity index (χ3v) is 2.73. The molecule has 84 valence electrons. The fourth-order valence-electron chi connectivity index (χ4n) is 1.98. The molecule has 0 fully saturated rings. The number of nitrogens with zero attached hydrogens (tertiary/aromatic N) is 2. The zero-order valence-electron chi connectivity index (χ0n) is 8.68. The summed E-state index contributed by atoms with van der Waals surface area (Å²) in [5.41, 5.74) is 4.71. The number of aromatic nitrogens is 2. The Labute approximate surface area is 94.0 Å². The Balaban J connectivity index is 2.87. The number of nitrogen functional groups attached to an aromatic ring is 1. The van der Waals surface area contributed by atoms with Gasteiger partial charge in [-0.1, -0.05) is 12.1 Å². The van der Waals surface area contributed by atoms with E-state index in [1.807, 2.05) is 0 Å². The van der Waals surface area contributed by atoms with Crippen molar-refractivity contribution in [2.45, 2.75) is 0 Å². The summed E-state index contributed by atoms with van der Waals surface area (Å²) >= 11 is 0. The van der Waals surface area contributed by atoms with Crippen LogP contribution in [0.2, 0.25) is 0 Å². The molecule has 0 aliphatic rings. The molecule has 0 amide bonds. The highest BCUT2D eigenvalue weighted by molar-refractivity contribution is 5.80. The van der Waals surface area contributed by atoms with E-state index in [0.29, 0.717) is 10.8 Å². The van der Waals surface area contributed by atoms with Gasteiger partial charge in [0.2, 0.25) is 0 Å². The Bertz CT molecular complexity index is 907. The van der Waals surface area contributed by atoms with Gasteiger partial charge < -0.3 is 5.73 Å². The Kier molecular flexibility index (Phi) is 1.66. The van der Waals surface area contributed by atoms with Crippen LogP contribution in [-0.2, 0) is 0 Å². The smallest absolute Gasteiger partial charge is 0.279 e. The van der Waals surface area contributed by atoms with E-state index >= 15 is 0 Å². The van der Waals surface area contributed by atoms with Gasteiger partial charge in [0.05, 0.1) is 10.8 Å². The molecule has 2 aromatic heterocycles. The average Bonchev–Trinajstić information content (AvgIpc) is 2.62. The summed E-state index contributed by atoms with van der Waals surface area (Å²) in [6, 6.07) is 7.77. The molecule has 2 heterocycles. The van der Waals surface area contributed by atoms with E-state index in [0.717, 1.165) is 9.03 Å². The third-order valence-electron chi connectivity index (χ3n) is 2.73. The fraction of sp³-hybridized carbons (Fsp3) is 0. The summed E-state index contributed by atoms with van der Waals surface area (Å²) in [7, 11) is 0. The molecule has 3 N–H and O–H groups in total. The van der Waals surface area contributed by atoms with Crippen LogP contribution in [0.15, 0.2) is 39.9 Å². The number of fused-ring (bicyclic) bond motifs is 2. The summed E-state index contributed by atoms with van der Waals surface area (Å²) < 4.78 is 1.99. The molecule has 0 saturated heterocycles. The van der Waals surface area contributed by atoms with Crippen LogP contribution in [-0.4, -0.2) is 9.03 Å². The summed E-state index contributed by atoms with van der Waals surface area (Å²) in [5, 5.41) is 8.22. The topological polar surface area (TPSA) is 92.8 Å². The SMILES string of the molecule is N=c1cc(N)n2c(=O)c3ccccc3c(=O)n12. The van der Waals surface area contributed by atoms with Gasteiger partial charge in [0.25, 0.3) is 11.1 Å². The molecule has 0 unspecified atom stereocenters. The highest BCUT2D eigenvalue weighted by Gasteiger charge is 2.12. The van der Waals surface area contributed by atoms with Crippen molar-refractivity contribution in [3.05, 3.63) is 56.5 Å². The molecular weight excluding hydrogens is 220 g/mol. The van der Waals surface area contributed by atoms with Crippen molar-refractivity contribution in [1.82, 2.24) is 9.03 Å². The highest BCUT2D eigenvalue weighted by Crippen LogP contribution is 2.04. The zero-order chi connectivity index (χ0) is 12.2. The van der Waals surface area contributed by atoms with Crippen LogP contribution < -0.4 is 22.3 Å². The van der Waals surface area contributed by atoms with Crippen molar-refractivity contribution >= 4 is 16.6 Å². The Morgan fingerprint density at radius 2 is 1.53 bits per heavy atom. The highest BCUT2D eigenvalue weighted by atomic mass is 16.2. The lowest BCUT2D eigenvalue weighted by molar-refractivity contribution is 0.740. The maximum Gasteiger partial charge on any atom is 0.279 e. The number of anilines is 1. The summed E-state index contributed by atoms with van der Waals surface area (Å²) in [6.45, 7) is 0. The molecule has 0 aliphatic carbocycles. The average molecular weight is 228 g/mol. The van der Waals surface area contributed by atoms with Crippen molar-refractivity contribution in [2.24, 2.45) is 0 Å². The number of benzene rings is 1. The van der Waals surface area contributed by atoms with Crippen LogP contribution in [0, 0.1) is 5.41 Å². The second kappa shape index (κ2) is 2.94. The molecule has 0 spiro atoms. The first-order valence-electron chi connectivity index (χ1n) is 4.95. The number of nitrogens with one attached hydrogen (secondary N) is 1. The largest absolute Gasteiger partial charge is 0.383 e. The normalized spacial score (nSPS) is 11.3. The lowest BCUT2D eigenvalue weighted by Crippen LogP contribution is -2.34. The first-order chi connectivity index (χ1) is 8.11. The van der Waals surface area contributed by atoms with Gasteiger partial charge in [-0.05, 0) is 12.1 Å². The molecule has 0 aliphatic heterocycles. The minimum atomic E-state index is -0.415. The second-order valence-corrected chi connectivity index (χ2v) is 3.73. The molecule has 1 aromatic carbocycles. The molecule has 3 rings (SSSR count). The van der Waals surface area contributed by atoms with Crippen LogP contribution in [0.25, 0.3) is 10.8 Å². The summed E-state index contributed by atoms with van der Waals surface area (Å²) in [4.78, 5) is 24.2. The van der Waals surface area contributed by atoms with E-state index in [1.165, 1.54) is 6.07 Å². The van der Waals surface area contributed by atoms with Gasteiger partial charge in [0.15, 0.2) is 5.49 Å². The van der Waals surface area contributed by atoms with Crippen molar-refractivity contribution in [1.29, 1.82) is 5.41 Å². The predicted molar refractivity (Wildman–Crippen MR) is 62.3 cm³/mol. The van der Waals surface area contributed by atoms with Gasteiger partial charge in [0, 0.05) is 6.07 Å². The van der Waals surface area contributed by atoms with Crippen LogP contribution in [0.5, 0.6) is 0 Å². The molecule has 3 aromatic rings. The van der Waals surface area contributed by atoms with E-state index in [4.69, 9.17) is 11.1 Å². The number of nitrogens with two attached hydrogens (primary N) is 1. The molecule has 0 radical (unpaired) electrons. The van der Waals surface area contributed by atoms with Crippen molar-refractivity contribution in [2.75, 3.05) is 5.73 Å². The van der Waals surface area contributed by atoms with Gasteiger partial charge in [-0.15, -0.1) is 0 Å². The zero-order valence-corrected chi connectivity index (χ0v) is 8.68. The number of hydrogen-bond acceptors (Lipinski definition) is 4. The predicted octanol–water partition coefficient (Wildman–Crippen LogP) is -0.588. The minimum absolute atomic E-state index is 0.0860. The lowest BCUT2D eigenvalue weighted by Gasteiger charge is -2.01. The van der Waals surface area contributed by atoms with Crippen molar-refractivity contribution in [3.63, 3.8) is 0 Å². The molecule has 17 heavy (non-hydrogen) atoms. The fourth-order valence-corrected chi connectivity index (χ4v) is 1.98. The van der Waals surface area contributed by atoms with E-state index in [-0.39, 0.29) is 11.3 Å². The van der Waals surface area contributed by atoms with Gasteiger partial charge in [-0.3, -0.25) is 15.0 Å². The van der Waals surface area contributed by atoms with E-state index in [2.05, 4.69) is 0 Å². The van der Waals surface area contributed by atoms with Gasteiger partial charge in [0.1, 0.15) is 5.82 Å². The Hall–Kier alpha value is -2.63. The van der Waals surface area contributed by atoms with Gasteiger partial charge >= 0.3 is 0 Å². The molecule has 6 nitrogen and oxygen atoms in total. The number of hydrogen-bond donors (Lipinski definition) is 2. The van der Waals surface area contributed by atoms with Crippen molar-refractivity contribution < 1.29 is 0 Å². The lowest BCUT2D eigenvalue weighted by atomic mass is 10.2. The minimum Gasteiger partial charge on any atom is -0.383 e. The van der Waals surface area contributed by atoms with Crippen LogP contribution in [0.1, 0.15) is 0 Å². The second-order valence-electron chi connectivity index (χ2n) is 3.73. The van der Waals surface area contributed by atoms with E-state index in [9.17, 15) is 9.59 Å². The summed E-state index contributed by atoms with van der Waals surface area (Å²) in [5.74, 6) is 0.0860. The molecule has 0 saturated carbocycles. The van der Waals surface area contributed by atoms with Crippen LogP contribution >= 0.6 is 0 Å². The Morgan fingerprint density at radius 3 is 2.12 bits per heavy atom. The molecule has 6 heteroatoms. The van der Waals surface area contributed by atoms with E-state index < -0.39 is 11.1 Å². The molecular formula is C11H8N4O2. The standard InChI is InChI=1S/C11H8N4O2/c12-8-5-9(13)15-11(17)7-4-2-1-3-6(7)10(16)14(8)15/h1-5,12H,13H2. The molecule has 0 bridgehead atoms. The summed E-state index contributed by atoms with van der Waals surface area (Å²) in [6.07, 6.45) is 0. The maximum atomic E-state index is 12.1. The van der Waals surface area contributed by atoms with Gasteiger partial charge in [-0.2, -0.15) is 9.03 Å². The van der Waals surface area contributed by atoms with E-state index in [1.54, 1.807) is 24.3 Å². The number of rotatable bonds is 0. The van der Waals surface area contributed by atoms with Crippen LogP contribution in [0.4, 0.5) is 5.82 Å². The monoisotopic (exact) mass is 228 g/mol. The third kappa shape index (κ3) is 1.06. The maximum absolute atomic E-state index is 12.1. The van der Waals surface area contributed by atoms with Gasteiger partial charge in [-0.25, -0.2) is 0 Å². The Morgan fingerprint density at radius 1 is 1.00 bits per heavy atom. The quantitative estimate of drug-likeness (QED) is 0.538. The van der Waals surface area contributed by atoms with Crippen LogP contribution in [0.3, 0.4) is 0 Å².